The summed E-state index contributed by atoms with van der Waals surface area (Å²) in [5, 5.41) is 0. The zero-order chi connectivity index (χ0) is 15.2. The summed E-state index contributed by atoms with van der Waals surface area (Å²) in [6.07, 6.45) is 6.63. The van der Waals surface area contributed by atoms with Gasteiger partial charge in [0.2, 0.25) is 0 Å². The number of hydrogen-bond acceptors (Lipinski definition) is 2. The van der Waals surface area contributed by atoms with Gasteiger partial charge in [0.15, 0.2) is 0 Å². The molecular formula is C16H21F2N3. The number of imidazole rings is 1. The molecule has 0 unspecified atom stereocenters. The van der Waals surface area contributed by atoms with Gasteiger partial charge in [-0.15, -0.1) is 0 Å². The lowest BCUT2D eigenvalue weighted by Crippen LogP contribution is -1.98. The van der Waals surface area contributed by atoms with Gasteiger partial charge in [0.25, 0.3) is 0 Å². The number of nitrogens with one attached hydrogen (secondary N) is 1. The van der Waals surface area contributed by atoms with Gasteiger partial charge in [-0.3, -0.25) is 0 Å². The number of aromatic nitrogens is 2. The topological polar surface area (TPSA) is 54.7 Å². The van der Waals surface area contributed by atoms with E-state index in [1.54, 1.807) is 13.1 Å². The van der Waals surface area contributed by atoms with Crippen LogP contribution in [0.5, 0.6) is 0 Å². The number of hydrogen-bond donors (Lipinski definition) is 2. The van der Waals surface area contributed by atoms with Crippen molar-refractivity contribution in [3.05, 3.63) is 41.4 Å². The molecule has 0 aliphatic rings. The molecule has 0 spiro atoms. The summed E-state index contributed by atoms with van der Waals surface area (Å²) in [6, 6.07) is 2.42. The predicted octanol–water partition coefficient (Wildman–Crippen LogP) is 3.72. The molecule has 0 aliphatic heterocycles. The van der Waals surface area contributed by atoms with Crippen molar-refractivity contribution in [3.8, 4) is 11.3 Å². The molecule has 5 heteroatoms. The molecule has 0 bridgehead atoms. The maximum absolute atomic E-state index is 13.9. The van der Waals surface area contributed by atoms with E-state index in [4.69, 9.17) is 5.73 Å². The molecule has 1 heterocycles. The van der Waals surface area contributed by atoms with Crippen molar-refractivity contribution in [1.29, 1.82) is 0 Å². The normalized spacial score (nSPS) is 11.0. The fourth-order valence-corrected chi connectivity index (χ4v) is 2.27. The van der Waals surface area contributed by atoms with E-state index in [1.165, 1.54) is 12.1 Å². The van der Waals surface area contributed by atoms with Crippen LogP contribution < -0.4 is 5.73 Å². The van der Waals surface area contributed by atoms with Crippen LogP contribution in [0.4, 0.5) is 8.78 Å². The third kappa shape index (κ3) is 4.11. The van der Waals surface area contributed by atoms with Crippen molar-refractivity contribution < 1.29 is 8.78 Å². The molecule has 21 heavy (non-hydrogen) atoms. The van der Waals surface area contributed by atoms with Crippen molar-refractivity contribution in [2.24, 2.45) is 5.73 Å². The van der Waals surface area contributed by atoms with Crippen molar-refractivity contribution in [1.82, 2.24) is 9.97 Å². The third-order valence-corrected chi connectivity index (χ3v) is 3.53. The average molecular weight is 293 g/mol. The van der Waals surface area contributed by atoms with Gasteiger partial charge in [-0.2, -0.15) is 0 Å². The van der Waals surface area contributed by atoms with Crippen molar-refractivity contribution in [2.45, 2.75) is 39.0 Å². The predicted molar refractivity (Wildman–Crippen MR) is 79.9 cm³/mol. The molecule has 0 saturated carbocycles. The van der Waals surface area contributed by atoms with Gasteiger partial charge >= 0.3 is 0 Å². The SMILES string of the molecule is Cc1cc(F)c(-c2cnc(CCCCCCN)[nH]2)cc1F. The molecule has 0 aliphatic carbocycles. The first-order valence-electron chi connectivity index (χ1n) is 7.31. The fraction of sp³-hybridized carbons (Fsp3) is 0.438. The van der Waals surface area contributed by atoms with Gasteiger partial charge in [0.05, 0.1) is 11.9 Å². The third-order valence-electron chi connectivity index (χ3n) is 3.53. The first-order chi connectivity index (χ1) is 10.1. The van der Waals surface area contributed by atoms with Crippen molar-refractivity contribution in [3.63, 3.8) is 0 Å². The molecule has 2 rings (SSSR count). The Hall–Kier alpha value is -1.75. The molecule has 114 valence electrons. The number of aromatic amines is 1. The lowest BCUT2D eigenvalue weighted by Gasteiger charge is -2.03. The van der Waals surface area contributed by atoms with Gasteiger partial charge in [-0.1, -0.05) is 12.8 Å². The van der Waals surface area contributed by atoms with E-state index in [0.29, 0.717) is 11.3 Å². The summed E-state index contributed by atoms with van der Waals surface area (Å²) in [4.78, 5) is 7.30. The summed E-state index contributed by atoms with van der Waals surface area (Å²) in [5.74, 6) is -0.0467. The van der Waals surface area contributed by atoms with Crippen LogP contribution in [0.3, 0.4) is 0 Å². The van der Waals surface area contributed by atoms with Crippen LogP contribution in [0, 0.1) is 18.6 Å². The van der Waals surface area contributed by atoms with E-state index >= 15 is 0 Å². The molecule has 0 radical (unpaired) electrons. The number of aryl methyl sites for hydroxylation is 2. The smallest absolute Gasteiger partial charge is 0.133 e. The number of rotatable bonds is 7. The second-order valence-corrected chi connectivity index (χ2v) is 5.28. The zero-order valence-electron chi connectivity index (χ0n) is 12.3. The Morgan fingerprint density at radius 1 is 1.10 bits per heavy atom. The van der Waals surface area contributed by atoms with Crippen LogP contribution in [0.25, 0.3) is 11.3 Å². The van der Waals surface area contributed by atoms with E-state index in [9.17, 15) is 8.78 Å². The van der Waals surface area contributed by atoms with Crippen LogP contribution in [0.1, 0.15) is 37.1 Å². The van der Waals surface area contributed by atoms with Crippen LogP contribution in [0.2, 0.25) is 0 Å². The number of benzene rings is 1. The second-order valence-electron chi connectivity index (χ2n) is 5.28. The molecule has 1 aromatic heterocycles. The molecule has 3 N–H and O–H groups in total. The summed E-state index contributed by atoms with van der Waals surface area (Å²) >= 11 is 0. The Labute approximate surface area is 123 Å². The van der Waals surface area contributed by atoms with Crippen LogP contribution in [0.15, 0.2) is 18.3 Å². The maximum atomic E-state index is 13.9. The van der Waals surface area contributed by atoms with E-state index in [1.807, 2.05) is 0 Å². The summed E-state index contributed by atoms with van der Waals surface area (Å²) in [7, 11) is 0. The Morgan fingerprint density at radius 3 is 2.62 bits per heavy atom. The first kappa shape index (κ1) is 15.6. The molecule has 2 aromatic rings. The molecule has 3 nitrogen and oxygen atoms in total. The summed E-state index contributed by atoms with van der Waals surface area (Å²) in [5.41, 5.74) is 6.48. The number of halogens is 2. The molecule has 1 aromatic carbocycles. The van der Waals surface area contributed by atoms with Crippen LogP contribution >= 0.6 is 0 Å². The van der Waals surface area contributed by atoms with E-state index in [2.05, 4.69) is 9.97 Å². The minimum atomic E-state index is -0.438. The first-order valence-corrected chi connectivity index (χ1v) is 7.31. The highest BCUT2D eigenvalue weighted by molar-refractivity contribution is 5.60. The van der Waals surface area contributed by atoms with Crippen molar-refractivity contribution in [2.75, 3.05) is 6.54 Å². The van der Waals surface area contributed by atoms with Gasteiger partial charge in [0.1, 0.15) is 17.5 Å². The fourth-order valence-electron chi connectivity index (χ4n) is 2.27. The average Bonchev–Trinajstić information content (AvgIpc) is 2.91. The molecule has 0 saturated heterocycles. The largest absolute Gasteiger partial charge is 0.342 e. The molecule has 0 atom stereocenters. The van der Waals surface area contributed by atoms with Crippen molar-refractivity contribution >= 4 is 0 Å². The van der Waals surface area contributed by atoms with E-state index < -0.39 is 11.6 Å². The summed E-state index contributed by atoms with van der Waals surface area (Å²) in [6.45, 7) is 2.27. The van der Waals surface area contributed by atoms with E-state index in [0.717, 1.165) is 44.5 Å². The monoisotopic (exact) mass is 293 g/mol. The highest BCUT2D eigenvalue weighted by Gasteiger charge is 2.11. The van der Waals surface area contributed by atoms with Gasteiger partial charge in [-0.25, -0.2) is 13.8 Å². The van der Waals surface area contributed by atoms with Gasteiger partial charge in [0, 0.05) is 12.0 Å². The van der Waals surface area contributed by atoms with Crippen LogP contribution in [-0.4, -0.2) is 16.5 Å². The second kappa shape index (κ2) is 7.31. The highest BCUT2D eigenvalue weighted by atomic mass is 19.1. The Bertz CT molecular complexity index is 593. The Kier molecular flexibility index (Phi) is 5.44. The minimum Gasteiger partial charge on any atom is -0.342 e. The summed E-state index contributed by atoms with van der Waals surface area (Å²) < 4.78 is 27.5. The standard InChI is InChI=1S/C16H21F2N3/c1-11-8-14(18)12(9-13(11)17)15-10-20-16(21-15)6-4-2-3-5-7-19/h8-10H,2-7,19H2,1H3,(H,20,21). The zero-order valence-corrected chi connectivity index (χ0v) is 12.3. The quantitative estimate of drug-likeness (QED) is 0.764. The van der Waals surface area contributed by atoms with Gasteiger partial charge in [-0.05, 0) is 44.0 Å². The van der Waals surface area contributed by atoms with E-state index in [-0.39, 0.29) is 5.56 Å². The van der Waals surface area contributed by atoms with Crippen LogP contribution in [-0.2, 0) is 6.42 Å². The number of unbranched alkanes of at least 4 members (excludes halogenated alkanes) is 3. The molecule has 0 fully saturated rings. The highest BCUT2D eigenvalue weighted by Crippen LogP contribution is 2.24. The number of nitrogens with two attached hydrogens (primary N) is 1. The maximum Gasteiger partial charge on any atom is 0.133 e. The molecular weight excluding hydrogens is 272 g/mol. The Morgan fingerprint density at radius 2 is 1.86 bits per heavy atom. The lowest BCUT2D eigenvalue weighted by molar-refractivity contribution is 0.594. The Balaban J connectivity index is 2.01. The van der Waals surface area contributed by atoms with Gasteiger partial charge < -0.3 is 10.7 Å². The molecule has 0 amide bonds. The minimum absolute atomic E-state index is 0.222. The number of nitrogens with zero attached hydrogens (tertiary/aromatic N) is 1. The number of H-pyrrole nitrogens is 1. The lowest BCUT2D eigenvalue weighted by atomic mass is 10.1.